The largest absolute Gasteiger partial charge is 0.497 e. The lowest BCUT2D eigenvalue weighted by Crippen LogP contribution is -2.04. The molecule has 23 heavy (non-hydrogen) atoms. The molecule has 0 aliphatic carbocycles. The van der Waals surface area contributed by atoms with Crippen molar-refractivity contribution in [3.05, 3.63) is 84.5 Å². The molecule has 0 atom stereocenters. The van der Waals surface area contributed by atoms with Gasteiger partial charge in [-0.15, -0.1) is 0 Å². The van der Waals surface area contributed by atoms with Crippen LogP contribution in [0.4, 0.5) is 0 Å². The molecule has 3 aromatic rings. The third-order valence-corrected chi connectivity index (χ3v) is 3.38. The topological polar surface area (TPSA) is 57.0 Å². The molecule has 5 nitrogen and oxygen atoms in total. The highest BCUT2D eigenvalue weighted by Gasteiger charge is 2.10. The van der Waals surface area contributed by atoms with Crippen molar-refractivity contribution in [2.75, 3.05) is 7.11 Å². The van der Waals surface area contributed by atoms with E-state index in [0.717, 1.165) is 11.3 Å². The highest BCUT2D eigenvalue weighted by Crippen LogP contribution is 2.20. The average molecular weight is 305 g/mol. The molecular formula is C18H15N3O2. The van der Waals surface area contributed by atoms with Gasteiger partial charge in [-0.2, -0.15) is 5.10 Å². The lowest BCUT2D eigenvalue weighted by Gasteiger charge is -2.08. The minimum Gasteiger partial charge on any atom is -0.497 e. The summed E-state index contributed by atoms with van der Waals surface area (Å²) in [7, 11) is 1.61. The second-order valence-electron chi connectivity index (χ2n) is 4.83. The van der Waals surface area contributed by atoms with E-state index in [-0.39, 0.29) is 5.78 Å². The molecule has 0 N–H and O–H groups in total. The molecule has 0 fully saturated rings. The van der Waals surface area contributed by atoms with Gasteiger partial charge in [0.15, 0.2) is 5.78 Å². The Morgan fingerprint density at radius 2 is 1.78 bits per heavy atom. The summed E-state index contributed by atoms with van der Waals surface area (Å²) >= 11 is 0. The van der Waals surface area contributed by atoms with Crippen LogP contribution in [0.15, 0.2) is 73.3 Å². The fraction of sp³-hybridized carbons (Fsp3) is 0.0556. The summed E-state index contributed by atoms with van der Waals surface area (Å²) in [6, 6.07) is 16.6. The minimum atomic E-state index is -0.0908. The van der Waals surface area contributed by atoms with Gasteiger partial charge in [-0.1, -0.05) is 30.3 Å². The predicted molar refractivity (Wildman–Crippen MR) is 87.2 cm³/mol. The van der Waals surface area contributed by atoms with E-state index in [1.165, 1.54) is 6.33 Å². The number of allylic oxidation sites excluding steroid dienone is 1. The number of methoxy groups -OCH3 is 1. The average Bonchev–Trinajstić information content (AvgIpc) is 3.15. The van der Waals surface area contributed by atoms with Crippen molar-refractivity contribution < 1.29 is 9.53 Å². The summed E-state index contributed by atoms with van der Waals surface area (Å²) in [4.78, 5) is 16.4. The SMILES string of the molecule is COc1ccc(/C(=C\C(=O)c2ccccc2)n2cncn2)cc1. The Labute approximate surface area is 133 Å². The number of benzene rings is 2. The van der Waals surface area contributed by atoms with E-state index in [0.29, 0.717) is 11.3 Å². The normalized spacial score (nSPS) is 11.3. The molecule has 0 amide bonds. The number of hydrogen-bond donors (Lipinski definition) is 0. The Bertz CT molecular complexity index is 807. The maximum Gasteiger partial charge on any atom is 0.188 e. The summed E-state index contributed by atoms with van der Waals surface area (Å²) in [6.07, 6.45) is 4.56. The Kier molecular flexibility index (Phi) is 4.29. The molecule has 0 radical (unpaired) electrons. The third kappa shape index (κ3) is 3.35. The highest BCUT2D eigenvalue weighted by molar-refractivity contribution is 6.08. The number of rotatable bonds is 5. The monoisotopic (exact) mass is 305 g/mol. The Morgan fingerprint density at radius 3 is 2.39 bits per heavy atom. The minimum absolute atomic E-state index is 0.0908. The van der Waals surface area contributed by atoms with Crippen LogP contribution in [0.25, 0.3) is 5.70 Å². The third-order valence-electron chi connectivity index (χ3n) is 3.38. The molecule has 0 saturated heterocycles. The first kappa shape index (κ1) is 14.7. The number of nitrogens with zero attached hydrogens (tertiary/aromatic N) is 3. The summed E-state index contributed by atoms with van der Waals surface area (Å²) in [5.41, 5.74) is 2.12. The van der Waals surface area contributed by atoms with Crippen molar-refractivity contribution in [3.8, 4) is 5.75 Å². The first-order valence-corrected chi connectivity index (χ1v) is 7.08. The summed E-state index contributed by atoms with van der Waals surface area (Å²) < 4.78 is 6.74. The fourth-order valence-corrected chi connectivity index (χ4v) is 2.19. The molecule has 0 aliphatic rings. The molecule has 114 valence electrons. The van der Waals surface area contributed by atoms with Gasteiger partial charge >= 0.3 is 0 Å². The zero-order valence-corrected chi connectivity index (χ0v) is 12.6. The highest BCUT2D eigenvalue weighted by atomic mass is 16.5. The summed E-state index contributed by atoms with van der Waals surface area (Å²) in [6.45, 7) is 0. The fourth-order valence-electron chi connectivity index (χ4n) is 2.19. The Hall–Kier alpha value is -3.21. The Morgan fingerprint density at radius 1 is 1.04 bits per heavy atom. The van der Waals surface area contributed by atoms with Crippen LogP contribution in [0, 0.1) is 0 Å². The van der Waals surface area contributed by atoms with E-state index in [1.54, 1.807) is 36.3 Å². The van der Waals surface area contributed by atoms with Gasteiger partial charge in [0.1, 0.15) is 18.4 Å². The van der Waals surface area contributed by atoms with Gasteiger partial charge < -0.3 is 4.74 Å². The molecule has 5 heteroatoms. The maximum absolute atomic E-state index is 12.5. The van der Waals surface area contributed by atoms with Gasteiger partial charge in [-0.05, 0) is 24.3 Å². The van der Waals surface area contributed by atoms with Crippen molar-refractivity contribution in [1.29, 1.82) is 0 Å². The second kappa shape index (κ2) is 6.70. The van der Waals surface area contributed by atoms with Crippen LogP contribution in [-0.2, 0) is 0 Å². The van der Waals surface area contributed by atoms with E-state index < -0.39 is 0 Å². The molecule has 3 rings (SSSR count). The smallest absolute Gasteiger partial charge is 0.188 e. The quantitative estimate of drug-likeness (QED) is 0.537. The van der Waals surface area contributed by atoms with Crippen LogP contribution in [0.2, 0.25) is 0 Å². The molecule has 2 aromatic carbocycles. The second-order valence-corrected chi connectivity index (χ2v) is 4.83. The first-order valence-electron chi connectivity index (χ1n) is 7.08. The number of ether oxygens (including phenoxy) is 1. The number of ketones is 1. The van der Waals surface area contributed by atoms with E-state index in [2.05, 4.69) is 10.1 Å². The molecule has 0 unspecified atom stereocenters. The lowest BCUT2D eigenvalue weighted by atomic mass is 10.1. The van der Waals surface area contributed by atoms with Gasteiger partial charge in [-0.25, -0.2) is 9.67 Å². The van der Waals surface area contributed by atoms with Crippen LogP contribution < -0.4 is 4.74 Å². The molecule has 0 bridgehead atoms. The number of carbonyl (C=O) groups is 1. The first-order chi connectivity index (χ1) is 11.3. The van der Waals surface area contributed by atoms with Gasteiger partial charge in [-0.3, -0.25) is 4.79 Å². The standard InChI is InChI=1S/C18H15N3O2/c1-23-16-9-7-14(8-10-16)17(21-13-19-12-20-21)11-18(22)15-5-3-2-4-6-15/h2-13H,1H3/b17-11+. The van der Waals surface area contributed by atoms with Crippen LogP contribution in [0.5, 0.6) is 5.75 Å². The van der Waals surface area contributed by atoms with Gasteiger partial charge in [0.05, 0.1) is 12.8 Å². The van der Waals surface area contributed by atoms with E-state index in [4.69, 9.17) is 4.74 Å². The van der Waals surface area contributed by atoms with Gasteiger partial charge in [0.25, 0.3) is 0 Å². The van der Waals surface area contributed by atoms with Gasteiger partial charge in [0.2, 0.25) is 0 Å². The van der Waals surface area contributed by atoms with Crippen molar-refractivity contribution in [2.24, 2.45) is 0 Å². The van der Waals surface area contributed by atoms with E-state index >= 15 is 0 Å². The number of hydrogen-bond acceptors (Lipinski definition) is 4. The summed E-state index contributed by atoms with van der Waals surface area (Å²) in [5, 5.41) is 4.14. The van der Waals surface area contributed by atoms with Gasteiger partial charge in [0, 0.05) is 17.2 Å². The van der Waals surface area contributed by atoms with Crippen molar-refractivity contribution >= 4 is 11.5 Å². The molecule has 0 saturated carbocycles. The van der Waals surface area contributed by atoms with Crippen molar-refractivity contribution in [1.82, 2.24) is 14.8 Å². The van der Waals surface area contributed by atoms with Crippen molar-refractivity contribution in [3.63, 3.8) is 0 Å². The molecule has 0 aliphatic heterocycles. The molecule has 1 heterocycles. The Balaban J connectivity index is 2.02. The van der Waals surface area contributed by atoms with Crippen LogP contribution in [0.1, 0.15) is 15.9 Å². The zero-order valence-electron chi connectivity index (χ0n) is 12.6. The summed E-state index contributed by atoms with van der Waals surface area (Å²) in [5.74, 6) is 0.660. The van der Waals surface area contributed by atoms with Crippen LogP contribution in [-0.4, -0.2) is 27.7 Å². The van der Waals surface area contributed by atoms with E-state index in [9.17, 15) is 4.79 Å². The number of aromatic nitrogens is 3. The maximum atomic E-state index is 12.5. The number of carbonyl (C=O) groups excluding carboxylic acids is 1. The predicted octanol–water partition coefficient (Wildman–Crippen LogP) is 3.06. The van der Waals surface area contributed by atoms with Crippen molar-refractivity contribution in [2.45, 2.75) is 0 Å². The molecule has 1 aromatic heterocycles. The van der Waals surface area contributed by atoms with Crippen LogP contribution >= 0.6 is 0 Å². The molecule has 0 spiro atoms. The lowest BCUT2D eigenvalue weighted by molar-refractivity contribution is 0.104. The van der Waals surface area contributed by atoms with Crippen LogP contribution in [0.3, 0.4) is 0 Å². The zero-order chi connectivity index (χ0) is 16.1. The molecular weight excluding hydrogens is 290 g/mol. The van der Waals surface area contributed by atoms with E-state index in [1.807, 2.05) is 42.5 Å².